The molecule has 0 atom stereocenters. The van der Waals surface area contributed by atoms with Crippen LogP contribution >= 0.6 is 11.6 Å². The van der Waals surface area contributed by atoms with E-state index in [0.29, 0.717) is 12.2 Å². The third-order valence-electron chi connectivity index (χ3n) is 2.52. The van der Waals surface area contributed by atoms with Crippen molar-refractivity contribution in [1.29, 1.82) is 0 Å². The third-order valence-corrected chi connectivity index (χ3v) is 2.88. The summed E-state index contributed by atoms with van der Waals surface area (Å²) in [7, 11) is 1.23. The second-order valence-corrected chi connectivity index (χ2v) is 4.22. The molecular weight excluding hydrogens is 286 g/mol. The van der Waals surface area contributed by atoms with Crippen molar-refractivity contribution in [2.24, 2.45) is 0 Å². The summed E-state index contributed by atoms with van der Waals surface area (Å²) >= 11 is 5.95. The van der Waals surface area contributed by atoms with Gasteiger partial charge in [0.2, 0.25) is 0 Å². The van der Waals surface area contributed by atoms with E-state index in [-0.39, 0.29) is 11.6 Å². The van der Waals surface area contributed by atoms with Gasteiger partial charge in [0, 0.05) is 6.20 Å². The molecule has 0 aliphatic heterocycles. The Morgan fingerprint density at radius 2 is 2.40 bits per heavy atom. The zero-order valence-electron chi connectivity index (χ0n) is 10.6. The largest absolute Gasteiger partial charge is 0.468 e. The minimum atomic E-state index is -0.575. The molecule has 2 rings (SSSR count). The van der Waals surface area contributed by atoms with Crippen LogP contribution in [0.4, 0.5) is 5.69 Å². The summed E-state index contributed by atoms with van der Waals surface area (Å²) < 4.78 is 5.41. The fourth-order valence-electron chi connectivity index (χ4n) is 1.46. The number of ether oxygens (including phenoxy) is 1. The van der Waals surface area contributed by atoms with Crippen molar-refractivity contribution in [2.45, 2.75) is 13.1 Å². The first-order valence-corrected chi connectivity index (χ1v) is 6.04. The van der Waals surface area contributed by atoms with Crippen molar-refractivity contribution >= 4 is 23.3 Å². The summed E-state index contributed by atoms with van der Waals surface area (Å²) in [5, 5.41) is 13.3. The van der Waals surface area contributed by atoms with Crippen molar-refractivity contribution in [3.8, 4) is 0 Å². The maximum absolute atomic E-state index is 11.9. The highest BCUT2D eigenvalue weighted by Gasteiger charge is 2.12. The molecule has 20 heavy (non-hydrogen) atoms. The van der Waals surface area contributed by atoms with E-state index in [4.69, 9.17) is 11.6 Å². The Morgan fingerprint density at radius 1 is 1.60 bits per heavy atom. The summed E-state index contributed by atoms with van der Waals surface area (Å²) in [6.45, 7) is 0.137. The molecule has 0 fully saturated rings. The second kappa shape index (κ2) is 6.20. The highest BCUT2D eigenvalue weighted by Crippen LogP contribution is 2.15. The topological polar surface area (TPSA) is 102 Å². The van der Waals surface area contributed by atoms with E-state index in [1.807, 2.05) is 0 Å². The Labute approximate surface area is 118 Å². The highest BCUT2D eigenvalue weighted by molar-refractivity contribution is 6.32. The van der Waals surface area contributed by atoms with Crippen molar-refractivity contribution in [1.82, 2.24) is 20.0 Å². The molecule has 2 N–H and O–H groups in total. The molecular formula is C11H12ClN5O3. The number of esters is 1. The monoisotopic (exact) mass is 297 g/mol. The van der Waals surface area contributed by atoms with Crippen molar-refractivity contribution in [3.05, 3.63) is 39.5 Å². The molecule has 106 valence electrons. The SMILES string of the molecule is COC(=O)Cn1ncc(NCc2ccn[nH]2)c(Cl)c1=O. The number of carbonyl (C=O) groups excluding carboxylic acids is 1. The molecule has 0 aromatic carbocycles. The van der Waals surface area contributed by atoms with Gasteiger partial charge in [0.15, 0.2) is 0 Å². The van der Waals surface area contributed by atoms with E-state index in [1.165, 1.54) is 13.3 Å². The lowest BCUT2D eigenvalue weighted by Crippen LogP contribution is -2.28. The Hall–Kier alpha value is -2.35. The molecule has 0 spiro atoms. The number of halogens is 1. The summed E-state index contributed by atoms with van der Waals surface area (Å²) in [6.07, 6.45) is 2.99. The van der Waals surface area contributed by atoms with E-state index < -0.39 is 11.5 Å². The van der Waals surface area contributed by atoms with Crippen LogP contribution in [-0.4, -0.2) is 33.1 Å². The molecule has 2 heterocycles. The molecule has 2 aromatic rings. The molecule has 0 saturated carbocycles. The van der Waals surface area contributed by atoms with Crippen LogP contribution in [0.5, 0.6) is 0 Å². The minimum absolute atomic E-state index is 0.0385. The van der Waals surface area contributed by atoms with Gasteiger partial charge in [0.25, 0.3) is 5.56 Å². The van der Waals surface area contributed by atoms with Crippen LogP contribution in [-0.2, 0) is 22.6 Å². The van der Waals surface area contributed by atoms with Crippen molar-refractivity contribution in [3.63, 3.8) is 0 Å². The van der Waals surface area contributed by atoms with Gasteiger partial charge in [-0.15, -0.1) is 0 Å². The van der Waals surface area contributed by atoms with Crippen LogP contribution in [0.15, 0.2) is 23.3 Å². The van der Waals surface area contributed by atoms with Crippen molar-refractivity contribution < 1.29 is 9.53 Å². The van der Waals surface area contributed by atoms with Gasteiger partial charge in [-0.05, 0) is 6.07 Å². The molecule has 0 radical (unpaired) electrons. The molecule has 0 bridgehead atoms. The number of hydrogen-bond donors (Lipinski definition) is 2. The molecule has 9 heteroatoms. The zero-order valence-corrected chi connectivity index (χ0v) is 11.3. The smallest absolute Gasteiger partial charge is 0.327 e. The molecule has 0 unspecified atom stereocenters. The van der Waals surface area contributed by atoms with Gasteiger partial charge in [-0.3, -0.25) is 14.7 Å². The number of anilines is 1. The van der Waals surface area contributed by atoms with Crippen molar-refractivity contribution in [2.75, 3.05) is 12.4 Å². The summed E-state index contributed by atoms with van der Waals surface area (Å²) in [6, 6.07) is 1.78. The molecule has 0 aliphatic rings. The summed E-state index contributed by atoms with van der Waals surface area (Å²) in [4.78, 5) is 23.0. The number of aromatic nitrogens is 4. The van der Waals surface area contributed by atoms with Crippen LogP contribution in [0.25, 0.3) is 0 Å². The van der Waals surface area contributed by atoms with Gasteiger partial charge in [-0.25, -0.2) is 4.68 Å². The van der Waals surface area contributed by atoms with Gasteiger partial charge >= 0.3 is 5.97 Å². The lowest BCUT2D eigenvalue weighted by atomic mass is 10.4. The molecule has 8 nitrogen and oxygen atoms in total. The maximum Gasteiger partial charge on any atom is 0.327 e. The fourth-order valence-corrected chi connectivity index (χ4v) is 1.67. The predicted octanol–water partition coefficient (Wildman–Crippen LogP) is 0.405. The third kappa shape index (κ3) is 3.15. The predicted molar refractivity (Wildman–Crippen MR) is 71.4 cm³/mol. The number of methoxy groups -OCH3 is 1. The number of carbonyl (C=O) groups is 1. The number of aromatic amines is 1. The molecule has 0 amide bonds. The van der Waals surface area contributed by atoms with E-state index in [1.54, 1.807) is 12.3 Å². The van der Waals surface area contributed by atoms with Gasteiger partial charge < -0.3 is 10.1 Å². The number of H-pyrrole nitrogens is 1. The van der Waals surface area contributed by atoms with Gasteiger partial charge in [-0.1, -0.05) is 11.6 Å². The molecule has 2 aromatic heterocycles. The number of rotatable bonds is 5. The van der Waals surface area contributed by atoms with Crippen LogP contribution in [0.2, 0.25) is 5.02 Å². The normalized spacial score (nSPS) is 10.3. The van der Waals surface area contributed by atoms with E-state index in [9.17, 15) is 9.59 Å². The van der Waals surface area contributed by atoms with Crippen LogP contribution in [0, 0.1) is 0 Å². The Bertz CT molecular complexity index is 653. The maximum atomic E-state index is 11.9. The quantitative estimate of drug-likeness (QED) is 0.775. The number of hydrogen-bond acceptors (Lipinski definition) is 6. The molecule has 0 saturated heterocycles. The Morgan fingerprint density at radius 3 is 3.05 bits per heavy atom. The number of nitrogens with one attached hydrogen (secondary N) is 2. The summed E-state index contributed by atoms with van der Waals surface area (Å²) in [5.41, 5.74) is 0.652. The highest BCUT2D eigenvalue weighted by atomic mass is 35.5. The van der Waals surface area contributed by atoms with Crippen LogP contribution in [0.1, 0.15) is 5.69 Å². The minimum Gasteiger partial charge on any atom is -0.468 e. The Kier molecular flexibility index (Phi) is 4.36. The average Bonchev–Trinajstić information content (AvgIpc) is 2.96. The average molecular weight is 298 g/mol. The lowest BCUT2D eigenvalue weighted by Gasteiger charge is -2.08. The van der Waals surface area contributed by atoms with Gasteiger partial charge in [0.1, 0.15) is 11.6 Å². The van der Waals surface area contributed by atoms with Crippen LogP contribution < -0.4 is 10.9 Å². The van der Waals surface area contributed by atoms with E-state index in [2.05, 4.69) is 25.3 Å². The standard InChI is InChI=1S/C11H12ClN5O3/c1-20-9(18)6-17-11(19)10(12)8(5-15-17)13-4-7-2-3-14-16-7/h2-3,5,13H,4,6H2,1H3,(H,14,16). The first-order chi connectivity index (χ1) is 9.61. The first-order valence-electron chi connectivity index (χ1n) is 5.66. The summed E-state index contributed by atoms with van der Waals surface area (Å²) in [5.74, 6) is -0.575. The Balaban J connectivity index is 2.14. The number of nitrogens with zero attached hydrogens (tertiary/aromatic N) is 3. The van der Waals surface area contributed by atoms with Gasteiger partial charge in [-0.2, -0.15) is 10.2 Å². The fraction of sp³-hybridized carbons (Fsp3) is 0.273. The van der Waals surface area contributed by atoms with E-state index in [0.717, 1.165) is 10.4 Å². The van der Waals surface area contributed by atoms with E-state index >= 15 is 0 Å². The lowest BCUT2D eigenvalue weighted by molar-refractivity contribution is -0.141. The second-order valence-electron chi connectivity index (χ2n) is 3.85. The zero-order chi connectivity index (χ0) is 14.5. The first kappa shape index (κ1) is 14.1. The molecule has 0 aliphatic carbocycles. The van der Waals surface area contributed by atoms with Gasteiger partial charge in [0.05, 0.1) is 31.2 Å². The van der Waals surface area contributed by atoms with Crippen LogP contribution in [0.3, 0.4) is 0 Å².